The second-order valence-corrected chi connectivity index (χ2v) is 11.0. The van der Waals surface area contributed by atoms with E-state index in [9.17, 15) is 0 Å². The maximum atomic E-state index is 3.71. The van der Waals surface area contributed by atoms with Gasteiger partial charge in [-0.15, -0.1) is 0 Å². The van der Waals surface area contributed by atoms with Crippen LogP contribution in [0.2, 0.25) is 0 Å². The summed E-state index contributed by atoms with van der Waals surface area (Å²) in [5.41, 5.74) is 6.36. The molecule has 1 aliphatic carbocycles. The number of rotatable bonds is 2. The molecule has 0 radical (unpaired) electrons. The number of allylic oxidation sites excluding steroid dienone is 4. The first-order valence-electron chi connectivity index (χ1n) is 12.9. The molecule has 0 aliphatic heterocycles. The van der Waals surface area contributed by atoms with Gasteiger partial charge in [0, 0.05) is 30.8 Å². The van der Waals surface area contributed by atoms with Crippen LogP contribution in [0.1, 0.15) is 26.7 Å². The molecule has 1 nitrogen and oxygen atoms in total. The Labute approximate surface area is 234 Å². The third-order valence-electron chi connectivity index (χ3n) is 7.12. The Morgan fingerprint density at radius 1 is 0.676 bits per heavy atom. The third-order valence-corrected chi connectivity index (χ3v) is 8.03. The van der Waals surface area contributed by atoms with E-state index in [1.807, 2.05) is 13.8 Å². The van der Waals surface area contributed by atoms with Crippen LogP contribution in [0.3, 0.4) is 0 Å². The Bertz CT molecular complexity index is 1850. The van der Waals surface area contributed by atoms with E-state index in [-0.39, 0.29) is 0 Å². The Morgan fingerprint density at radius 3 is 2.00 bits per heavy atom. The molecule has 6 aromatic rings. The van der Waals surface area contributed by atoms with Crippen molar-refractivity contribution in [3.05, 3.63) is 112 Å². The number of hydrogen-bond acceptors (Lipinski definition) is 0. The molecule has 5 aromatic carbocycles. The van der Waals surface area contributed by atoms with Crippen molar-refractivity contribution in [2.24, 2.45) is 0 Å². The highest BCUT2D eigenvalue weighted by atomic mass is 79.9. The van der Waals surface area contributed by atoms with Gasteiger partial charge in [-0.2, -0.15) is 0 Å². The van der Waals surface area contributed by atoms with Crippen LogP contribution in [-0.4, -0.2) is 4.57 Å². The van der Waals surface area contributed by atoms with Gasteiger partial charge >= 0.3 is 0 Å². The molecule has 7 rings (SSSR count). The zero-order chi connectivity index (χ0) is 25.5. The summed E-state index contributed by atoms with van der Waals surface area (Å²) in [4.78, 5) is 0. The van der Waals surface area contributed by atoms with Crippen LogP contribution in [0.4, 0.5) is 0 Å². The minimum absolute atomic E-state index is 1.03. The zero-order valence-corrected chi connectivity index (χ0v) is 24.1. The van der Waals surface area contributed by atoms with Crippen molar-refractivity contribution in [1.82, 2.24) is 4.57 Å². The van der Waals surface area contributed by atoms with E-state index in [2.05, 4.69) is 140 Å². The highest BCUT2D eigenvalue weighted by Crippen LogP contribution is 2.46. The molecule has 0 atom stereocenters. The van der Waals surface area contributed by atoms with Crippen LogP contribution in [0.25, 0.3) is 60.2 Å². The van der Waals surface area contributed by atoms with Gasteiger partial charge in [-0.25, -0.2) is 0 Å². The van der Waals surface area contributed by atoms with Crippen molar-refractivity contribution in [1.29, 1.82) is 0 Å². The molecule has 1 heterocycles. The summed E-state index contributed by atoms with van der Waals surface area (Å²) in [5.74, 6) is 0. The maximum Gasteiger partial charge on any atom is 0.0622 e. The first kappa shape index (κ1) is 24.2. The lowest BCUT2D eigenvalue weighted by molar-refractivity contribution is 0.981. The van der Waals surface area contributed by atoms with Crippen LogP contribution in [-0.2, 0) is 0 Å². The summed E-state index contributed by atoms with van der Waals surface area (Å²) in [6.07, 6.45) is 8.85. The highest BCUT2D eigenvalue weighted by molar-refractivity contribution is 9.11. The molecule has 0 saturated heterocycles. The molecule has 37 heavy (non-hydrogen) atoms. The molecular formula is C34H27Br2N. The average Bonchev–Trinajstić information content (AvgIpc) is 3.30. The van der Waals surface area contributed by atoms with Gasteiger partial charge in [0.25, 0.3) is 0 Å². The van der Waals surface area contributed by atoms with E-state index in [0.717, 1.165) is 21.8 Å². The SMILES string of the molecule is Brc1cc(Br)cc(-c2cccc3c2c2c4ccccc4c4ccccc4c2n3C2=CC=CCC2)c1.CC. The predicted octanol–water partition coefficient (Wildman–Crippen LogP) is 11.5. The van der Waals surface area contributed by atoms with Crippen molar-refractivity contribution < 1.29 is 0 Å². The standard InChI is InChI=1S/C32H21Br2N.C2H6/c33-21-17-20(18-22(34)19-21)24-15-8-16-29-30(24)31-27-13-6-4-11-25(27)26-12-5-7-14-28(26)32(31)35(29)23-9-2-1-3-10-23;1-2/h1-2,4-9,11-19H,3,10H2;1-2H3. The Morgan fingerprint density at radius 2 is 1.32 bits per heavy atom. The van der Waals surface area contributed by atoms with Crippen LogP contribution in [0.15, 0.2) is 112 Å². The number of nitrogens with zero attached hydrogens (tertiary/aromatic N) is 1. The van der Waals surface area contributed by atoms with Gasteiger partial charge < -0.3 is 4.57 Å². The third kappa shape index (κ3) is 3.96. The number of benzene rings is 5. The van der Waals surface area contributed by atoms with Crippen molar-refractivity contribution in [3.63, 3.8) is 0 Å². The van der Waals surface area contributed by atoms with Gasteiger partial charge in [0.1, 0.15) is 0 Å². The van der Waals surface area contributed by atoms with Gasteiger partial charge in [-0.05, 0) is 70.5 Å². The molecule has 3 heteroatoms. The van der Waals surface area contributed by atoms with Crippen LogP contribution in [0, 0.1) is 0 Å². The van der Waals surface area contributed by atoms with Crippen molar-refractivity contribution >= 4 is 80.9 Å². The molecule has 1 aromatic heterocycles. The topological polar surface area (TPSA) is 4.93 Å². The minimum Gasteiger partial charge on any atom is -0.312 e. The summed E-state index contributed by atoms with van der Waals surface area (Å²) in [6, 6.07) is 31.0. The van der Waals surface area contributed by atoms with Crippen LogP contribution >= 0.6 is 31.9 Å². The zero-order valence-electron chi connectivity index (χ0n) is 20.9. The summed E-state index contributed by atoms with van der Waals surface area (Å²) in [7, 11) is 0. The second-order valence-electron chi connectivity index (χ2n) is 9.13. The monoisotopic (exact) mass is 607 g/mol. The quantitative estimate of drug-likeness (QED) is 0.172. The molecule has 1 aliphatic rings. The molecule has 0 N–H and O–H groups in total. The molecule has 0 amide bonds. The highest BCUT2D eigenvalue weighted by Gasteiger charge is 2.22. The second kappa shape index (κ2) is 9.96. The van der Waals surface area contributed by atoms with E-state index >= 15 is 0 Å². The Hall–Kier alpha value is -3.14. The van der Waals surface area contributed by atoms with Crippen molar-refractivity contribution in [3.8, 4) is 11.1 Å². The molecule has 182 valence electrons. The van der Waals surface area contributed by atoms with E-state index < -0.39 is 0 Å². The van der Waals surface area contributed by atoms with Gasteiger partial charge in [0.15, 0.2) is 0 Å². The lowest BCUT2D eigenvalue weighted by atomic mass is 9.94. The van der Waals surface area contributed by atoms with Crippen LogP contribution in [0.5, 0.6) is 0 Å². The molecule has 0 unspecified atom stereocenters. The van der Waals surface area contributed by atoms with E-state index in [1.54, 1.807) is 0 Å². The largest absolute Gasteiger partial charge is 0.312 e. The lowest BCUT2D eigenvalue weighted by Gasteiger charge is -2.16. The number of halogens is 2. The fourth-order valence-electron chi connectivity index (χ4n) is 5.74. The smallest absolute Gasteiger partial charge is 0.0622 e. The first-order chi connectivity index (χ1) is 18.2. The number of fused-ring (bicyclic) bond motifs is 8. The minimum atomic E-state index is 1.03. The fraction of sp³-hybridized carbons (Fsp3) is 0.118. The van der Waals surface area contributed by atoms with Crippen LogP contribution < -0.4 is 0 Å². The molecule has 0 bridgehead atoms. The van der Waals surface area contributed by atoms with Gasteiger partial charge in [0.2, 0.25) is 0 Å². The van der Waals surface area contributed by atoms with Crippen molar-refractivity contribution in [2.75, 3.05) is 0 Å². The van der Waals surface area contributed by atoms with E-state index in [0.29, 0.717) is 0 Å². The normalized spacial score (nSPS) is 13.2. The Kier molecular flexibility index (Phi) is 6.52. The number of hydrogen-bond donors (Lipinski definition) is 0. The summed E-state index contributed by atoms with van der Waals surface area (Å²) in [5, 5.41) is 7.85. The molecule has 0 fully saturated rings. The summed E-state index contributed by atoms with van der Waals surface area (Å²) >= 11 is 7.42. The van der Waals surface area contributed by atoms with Gasteiger partial charge in [-0.1, -0.05) is 119 Å². The average molecular weight is 609 g/mol. The summed E-state index contributed by atoms with van der Waals surface area (Å²) < 4.78 is 4.66. The molecule has 0 saturated carbocycles. The number of aromatic nitrogens is 1. The fourth-order valence-corrected chi connectivity index (χ4v) is 7.04. The molecule has 0 spiro atoms. The first-order valence-corrected chi connectivity index (χ1v) is 14.5. The lowest BCUT2D eigenvalue weighted by Crippen LogP contribution is -1.99. The maximum absolute atomic E-state index is 3.71. The van der Waals surface area contributed by atoms with E-state index in [1.165, 1.54) is 60.2 Å². The molecular weight excluding hydrogens is 582 g/mol. The van der Waals surface area contributed by atoms with E-state index in [4.69, 9.17) is 0 Å². The van der Waals surface area contributed by atoms with Gasteiger partial charge in [0.05, 0.1) is 11.0 Å². The van der Waals surface area contributed by atoms with Crippen molar-refractivity contribution in [2.45, 2.75) is 26.7 Å². The summed E-state index contributed by atoms with van der Waals surface area (Å²) in [6.45, 7) is 4.00. The Balaban J connectivity index is 0.00000123. The predicted molar refractivity (Wildman–Crippen MR) is 169 cm³/mol. The van der Waals surface area contributed by atoms with Gasteiger partial charge in [-0.3, -0.25) is 0 Å².